The normalized spacial score (nSPS) is 12.6. The monoisotopic (exact) mass is 211 g/mol. The zero-order valence-electron chi connectivity index (χ0n) is 10.1. The van der Waals surface area contributed by atoms with Crippen LogP contribution in [-0.4, -0.2) is 37.5 Å². The van der Waals surface area contributed by atoms with Crippen molar-refractivity contribution in [1.29, 1.82) is 5.26 Å². The van der Waals surface area contributed by atoms with Gasteiger partial charge < -0.3 is 5.32 Å². The maximum atomic E-state index is 11.4. The second-order valence-corrected chi connectivity index (χ2v) is 4.42. The summed E-state index contributed by atoms with van der Waals surface area (Å²) in [4.78, 5) is 13.3. The minimum atomic E-state index is -0.0344. The van der Waals surface area contributed by atoms with Gasteiger partial charge in [-0.1, -0.05) is 13.8 Å². The van der Waals surface area contributed by atoms with Crippen molar-refractivity contribution in [3.05, 3.63) is 0 Å². The first-order chi connectivity index (χ1) is 6.95. The first-order valence-electron chi connectivity index (χ1n) is 5.30. The molecule has 0 aromatic carbocycles. The van der Waals surface area contributed by atoms with Gasteiger partial charge in [0, 0.05) is 13.1 Å². The standard InChI is InChI=1S/C11H21N3O/c1-9(2)6-13-11(15)8-14(4)7-10(3)5-12/h9-10H,6-8H2,1-4H3,(H,13,15). The van der Waals surface area contributed by atoms with E-state index in [1.165, 1.54) is 0 Å². The number of carbonyl (C=O) groups excluding carboxylic acids is 1. The van der Waals surface area contributed by atoms with Gasteiger partial charge in [0.1, 0.15) is 0 Å². The number of hydrogen-bond acceptors (Lipinski definition) is 3. The average Bonchev–Trinajstić information content (AvgIpc) is 2.14. The number of likely N-dealkylation sites (N-methyl/N-ethyl adjacent to an activating group) is 1. The van der Waals surface area contributed by atoms with Crippen molar-refractivity contribution in [3.63, 3.8) is 0 Å². The first kappa shape index (κ1) is 13.9. The Balaban J connectivity index is 3.72. The van der Waals surface area contributed by atoms with Crippen LogP contribution in [0.4, 0.5) is 0 Å². The maximum absolute atomic E-state index is 11.4. The molecular weight excluding hydrogens is 190 g/mol. The number of nitrogens with one attached hydrogen (secondary N) is 1. The topological polar surface area (TPSA) is 56.1 Å². The molecule has 1 unspecified atom stereocenters. The summed E-state index contributed by atoms with van der Waals surface area (Å²) < 4.78 is 0. The Labute approximate surface area is 92.3 Å². The molecule has 15 heavy (non-hydrogen) atoms. The van der Waals surface area contributed by atoms with E-state index in [0.29, 0.717) is 25.6 Å². The number of carbonyl (C=O) groups is 1. The van der Waals surface area contributed by atoms with Crippen LogP contribution in [0.1, 0.15) is 20.8 Å². The molecule has 0 saturated carbocycles. The van der Waals surface area contributed by atoms with E-state index in [-0.39, 0.29) is 11.8 Å². The fraction of sp³-hybridized carbons (Fsp3) is 0.818. The molecule has 0 spiro atoms. The second kappa shape index (κ2) is 7.24. The van der Waals surface area contributed by atoms with Gasteiger partial charge in [0.15, 0.2) is 0 Å². The summed E-state index contributed by atoms with van der Waals surface area (Å²) >= 11 is 0. The Morgan fingerprint density at radius 1 is 1.47 bits per heavy atom. The highest BCUT2D eigenvalue weighted by atomic mass is 16.2. The van der Waals surface area contributed by atoms with Gasteiger partial charge in [-0.2, -0.15) is 5.26 Å². The van der Waals surface area contributed by atoms with E-state index >= 15 is 0 Å². The van der Waals surface area contributed by atoms with Crippen molar-refractivity contribution < 1.29 is 4.79 Å². The molecule has 86 valence electrons. The lowest BCUT2D eigenvalue weighted by Gasteiger charge is -2.17. The van der Waals surface area contributed by atoms with Gasteiger partial charge in [-0.3, -0.25) is 9.69 Å². The molecule has 0 rings (SSSR count). The minimum absolute atomic E-state index is 0.0244. The molecule has 0 aromatic rings. The van der Waals surface area contributed by atoms with Gasteiger partial charge >= 0.3 is 0 Å². The third kappa shape index (κ3) is 7.95. The van der Waals surface area contributed by atoms with Crippen LogP contribution in [0.25, 0.3) is 0 Å². The third-order valence-electron chi connectivity index (χ3n) is 1.93. The molecule has 0 aliphatic heterocycles. The van der Waals surface area contributed by atoms with Crippen LogP contribution in [0.5, 0.6) is 0 Å². The van der Waals surface area contributed by atoms with Gasteiger partial charge in [0.2, 0.25) is 5.91 Å². The fourth-order valence-electron chi connectivity index (χ4n) is 1.19. The molecule has 4 nitrogen and oxygen atoms in total. The molecule has 1 N–H and O–H groups in total. The van der Waals surface area contributed by atoms with Crippen molar-refractivity contribution in [2.75, 3.05) is 26.7 Å². The maximum Gasteiger partial charge on any atom is 0.234 e. The fourth-order valence-corrected chi connectivity index (χ4v) is 1.19. The molecule has 0 aliphatic rings. The van der Waals surface area contributed by atoms with E-state index < -0.39 is 0 Å². The smallest absolute Gasteiger partial charge is 0.234 e. The van der Waals surface area contributed by atoms with E-state index in [1.807, 2.05) is 18.9 Å². The number of nitrogens with zero attached hydrogens (tertiary/aromatic N) is 2. The van der Waals surface area contributed by atoms with E-state index in [9.17, 15) is 4.79 Å². The predicted molar refractivity (Wildman–Crippen MR) is 60.1 cm³/mol. The van der Waals surface area contributed by atoms with Crippen LogP contribution >= 0.6 is 0 Å². The highest BCUT2D eigenvalue weighted by molar-refractivity contribution is 5.77. The van der Waals surface area contributed by atoms with Crippen LogP contribution in [0.3, 0.4) is 0 Å². The molecule has 0 saturated heterocycles. The summed E-state index contributed by atoms with van der Waals surface area (Å²) in [5.41, 5.74) is 0. The van der Waals surface area contributed by atoms with Gasteiger partial charge in [0.25, 0.3) is 0 Å². The summed E-state index contributed by atoms with van der Waals surface area (Å²) in [5.74, 6) is 0.460. The van der Waals surface area contributed by atoms with E-state index in [0.717, 1.165) is 0 Å². The lowest BCUT2D eigenvalue weighted by atomic mass is 10.2. The lowest BCUT2D eigenvalue weighted by Crippen LogP contribution is -2.38. The summed E-state index contributed by atoms with van der Waals surface area (Å²) in [6.07, 6.45) is 0. The summed E-state index contributed by atoms with van der Waals surface area (Å²) in [7, 11) is 1.85. The summed E-state index contributed by atoms with van der Waals surface area (Å²) in [5, 5.41) is 11.5. The Kier molecular flexibility index (Phi) is 6.72. The van der Waals surface area contributed by atoms with Crippen LogP contribution in [0, 0.1) is 23.2 Å². The van der Waals surface area contributed by atoms with E-state index in [2.05, 4.69) is 25.2 Å². The number of hydrogen-bond donors (Lipinski definition) is 1. The van der Waals surface area contributed by atoms with Crippen molar-refractivity contribution in [1.82, 2.24) is 10.2 Å². The lowest BCUT2D eigenvalue weighted by molar-refractivity contribution is -0.122. The second-order valence-electron chi connectivity index (χ2n) is 4.42. The highest BCUT2D eigenvalue weighted by Crippen LogP contribution is 1.95. The Hall–Kier alpha value is -1.08. The average molecular weight is 211 g/mol. The molecule has 0 heterocycles. The Morgan fingerprint density at radius 3 is 2.53 bits per heavy atom. The molecular formula is C11H21N3O. The Morgan fingerprint density at radius 2 is 2.07 bits per heavy atom. The van der Waals surface area contributed by atoms with Crippen molar-refractivity contribution in [3.8, 4) is 6.07 Å². The molecule has 0 aliphatic carbocycles. The predicted octanol–water partition coefficient (Wildman–Crippen LogP) is 0.850. The highest BCUT2D eigenvalue weighted by Gasteiger charge is 2.09. The zero-order valence-corrected chi connectivity index (χ0v) is 10.1. The van der Waals surface area contributed by atoms with E-state index in [1.54, 1.807) is 0 Å². The zero-order chi connectivity index (χ0) is 11.8. The molecule has 0 radical (unpaired) electrons. The van der Waals surface area contributed by atoms with Crippen LogP contribution in [0.2, 0.25) is 0 Å². The minimum Gasteiger partial charge on any atom is -0.355 e. The van der Waals surface area contributed by atoms with Crippen molar-refractivity contribution in [2.45, 2.75) is 20.8 Å². The van der Waals surface area contributed by atoms with Crippen molar-refractivity contribution in [2.24, 2.45) is 11.8 Å². The number of rotatable bonds is 6. The molecule has 0 aromatic heterocycles. The SMILES string of the molecule is CC(C)CNC(=O)CN(C)CC(C)C#N. The summed E-state index contributed by atoms with van der Waals surface area (Å²) in [6, 6.07) is 2.15. The Bertz CT molecular complexity index is 232. The molecule has 1 amide bonds. The van der Waals surface area contributed by atoms with Gasteiger partial charge in [-0.05, 0) is 19.9 Å². The van der Waals surface area contributed by atoms with Gasteiger partial charge in [-0.15, -0.1) is 0 Å². The van der Waals surface area contributed by atoms with Gasteiger partial charge in [-0.25, -0.2) is 0 Å². The van der Waals surface area contributed by atoms with Crippen molar-refractivity contribution >= 4 is 5.91 Å². The largest absolute Gasteiger partial charge is 0.355 e. The van der Waals surface area contributed by atoms with Gasteiger partial charge in [0.05, 0.1) is 18.5 Å². The van der Waals surface area contributed by atoms with Crippen LogP contribution in [0.15, 0.2) is 0 Å². The quantitative estimate of drug-likeness (QED) is 0.708. The third-order valence-corrected chi connectivity index (χ3v) is 1.93. The molecule has 1 atom stereocenters. The van der Waals surface area contributed by atoms with Crippen LogP contribution in [-0.2, 0) is 4.79 Å². The molecule has 0 bridgehead atoms. The number of nitriles is 1. The first-order valence-corrected chi connectivity index (χ1v) is 5.30. The number of amides is 1. The summed E-state index contributed by atoms with van der Waals surface area (Å²) in [6.45, 7) is 7.66. The van der Waals surface area contributed by atoms with Crippen LogP contribution < -0.4 is 5.32 Å². The molecule has 4 heteroatoms. The molecule has 0 fully saturated rings. The van der Waals surface area contributed by atoms with E-state index in [4.69, 9.17) is 5.26 Å².